The average Bonchev–Trinajstić information content (AvgIpc) is 3.25. The maximum absolute atomic E-state index is 11.6. The molecule has 61 heavy (non-hydrogen) atoms. The van der Waals surface area contributed by atoms with Crippen molar-refractivity contribution in [1.82, 2.24) is 0 Å². The van der Waals surface area contributed by atoms with Gasteiger partial charge in [0, 0.05) is 33.0 Å². The Balaban J connectivity index is 0.000000801. The lowest BCUT2D eigenvalue weighted by molar-refractivity contribution is -0.325. The van der Waals surface area contributed by atoms with Gasteiger partial charge in [0.05, 0.1) is 39.6 Å². The van der Waals surface area contributed by atoms with E-state index in [0.717, 1.165) is 70.3 Å². The third-order valence-corrected chi connectivity index (χ3v) is 8.94. The van der Waals surface area contributed by atoms with Crippen LogP contribution in [-0.4, -0.2) is 86.4 Å². The Bertz CT molecular complexity index is 1360. The van der Waals surface area contributed by atoms with Gasteiger partial charge >= 0.3 is 12.7 Å². The number of aliphatic hydroxyl groups is 2. The van der Waals surface area contributed by atoms with Gasteiger partial charge in [-0.25, -0.2) is 0 Å². The van der Waals surface area contributed by atoms with Crippen LogP contribution < -0.4 is 0 Å². The van der Waals surface area contributed by atoms with Gasteiger partial charge in [-0.05, 0) is 112 Å². The van der Waals surface area contributed by atoms with Crippen LogP contribution in [0.5, 0.6) is 0 Å². The van der Waals surface area contributed by atoms with Crippen LogP contribution in [0.25, 0.3) is 0 Å². The number of ether oxygens (including phenoxy) is 6. The SMILES string of the molecule is CSC(=S)OCCCCCOCc1ccccc1.FC(F)(F)OCCCCCOCc1ccccc1.OCCCCCOC(F)(F)F.OCCCCCOCc1ccccc1. The van der Waals surface area contributed by atoms with E-state index in [1.54, 1.807) is 0 Å². The lowest BCUT2D eigenvalue weighted by atomic mass is 10.2. The molecule has 3 rings (SSSR count). The molecule has 8 nitrogen and oxygen atoms in total. The van der Waals surface area contributed by atoms with E-state index < -0.39 is 12.7 Å². The van der Waals surface area contributed by atoms with E-state index in [2.05, 4.69) is 33.7 Å². The van der Waals surface area contributed by atoms with Crippen LogP contribution in [0.4, 0.5) is 26.3 Å². The van der Waals surface area contributed by atoms with E-state index in [0.29, 0.717) is 69.5 Å². The highest BCUT2D eigenvalue weighted by Crippen LogP contribution is 2.17. The minimum Gasteiger partial charge on any atom is -0.479 e. The molecule has 0 aromatic heterocycles. The van der Waals surface area contributed by atoms with Crippen molar-refractivity contribution in [3.63, 3.8) is 0 Å². The van der Waals surface area contributed by atoms with Crippen molar-refractivity contribution in [2.75, 3.05) is 59.1 Å². The van der Waals surface area contributed by atoms with Crippen molar-refractivity contribution in [2.24, 2.45) is 0 Å². The number of unbranched alkanes of at least 4 members (excludes halogenated alkanes) is 8. The molecule has 0 heterocycles. The van der Waals surface area contributed by atoms with Crippen LogP contribution >= 0.6 is 24.0 Å². The quantitative estimate of drug-likeness (QED) is 0.0416. The highest BCUT2D eigenvalue weighted by atomic mass is 32.2. The summed E-state index contributed by atoms with van der Waals surface area (Å²) in [6, 6.07) is 30.2. The summed E-state index contributed by atoms with van der Waals surface area (Å²) in [6.45, 7) is 4.53. The number of alkyl halides is 6. The molecule has 0 aliphatic carbocycles. The Labute approximate surface area is 368 Å². The predicted molar refractivity (Wildman–Crippen MR) is 234 cm³/mol. The number of thioether (sulfide) groups is 1. The standard InChI is InChI=1S/C14H20O2S2.C13H17F3O2.C12H18O2.C6H11F3O2/c1-18-14(17)16-11-7-3-6-10-15-12-13-8-4-2-5-9-13;14-13(15,16)18-10-6-2-5-9-17-11-12-7-3-1-4-8-12;13-9-5-2-6-10-14-11-12-7-3-1-4-8-12;7-6(8,9)11-5-3-1-2-4-10/h2,4-5,8-9H,3,6-7,10-12H2,1H3;1,3-4,7-8H,2,5-6,9-11H2;1,3-4,7-8,13H,2,5-6,9-11H2;10H,1-5H2. The Morgan fingerprint density at radius 1 is 0.459 bits per heavy atom. The summed E-state index contributed by atoms with van der Waals surface area (Å²) in [7, 11) is 0. The zero-order chi connectivity index (χ0) is 45.1. The third-order valence-electron chi connectivity index (χ3n) is 7.87. The van der Waals surface area contributed by atoms with Crippen LogP contribution in [0.1, 0.15) is 93.7 Å². The second-order valence-corrected chi connectivity index (χ2v) is 14.6. The Morgan fingerprint density at radius 2 is 0.754 bits per heavy atom. The molecule has 0 aliphatic rings. The number of thiocarbonyl (C=S) groups is 1. The average molecular weight is 913 g/mol. The van der Waals surface area contributed by atoms with Gasteiger partial charge in [-0.1, -0.05) is 103 Å². The first-order valence-corrected chi connectivity index (χ1v) is 22.2. The molecule has 0 saturated heterocycles. The fourth-order valence-corrected chi connectivity index (χ4v) is 5.02. The lowest BCUT2D eigenvalue weighted by Crippen LogP contribution is -2.14. The van der Waals surface area contributed by atoms with Crippen LogP contribution in [0.15, 0.2) is 91.0 Å². The Kier molecular flexibility index (Phi) is 39.3. The summed E-state index contributed by atoms with van der Waals surface area (Å²) in [4.78, 5) is 0. The second kappa shape index (κ2) is 41.2. The van der Waals surface area contributed by atoms with E-state index in [1.165, 1.54) is 22.9 Å². The smallest absolute Gasteiger partial charge is 0.479 e. The van der Waals surface area contributed by atoms with Crippen LogP contribution in [0.3, 0.4) is 0 Å². The molecule has 0 bridgehead atoms. The number of hydrogen-bond donors (Lipinski definition) is 2. The molecular weight excluding hydrogens is 847 g/mol. The summed E-state index contributed by atoms with van der Waals surface area (Å²) in [5.41, 5.74) is 3.54. The molecular formula is C45H66F6O8S2. The molecule has 0 saturated carbocycles. The molecule has 0 amide bonds. The minimum atomic E-state index is -4.51. The Morgan fingerprint density at radius 3 is 1.05 bits per heavy atom. The fraction of sp³-hybridized carbons (Fsp3) is 0.578. The molecule has 0 unspecified atom stereocenters. The molecule has 2 N–H and O–H groups in total. The molecule has 0 spiro atoms. The first kappa shape index (κ1) is 58.2. The third kappa shape index (κ3) is 45.0. The number of rotatable bonds is 28. The fourth-order valence-electron chi connectivity index (χ4n) is 4.73. The number of halogens is 6. The van der Waals surface area contributed by atoms with Crippen molar-refractivity contribution >= 4 is 28.4 Å². The van der Waals surface area contributed by atoms with Crippen molar-refractivity contribution in [3.8, 4) is 0 Å². The van der Waals surface area contributed by atoms with Crippen LogP contribution in [0, 0.1) is 0 Å². The molecule has 0 aliphatic heterocycles. The maximum Gasteiger partial charge on any atom is 0.522 e. The van der Waals surface area contributed by atoms with Crippen LogP contribution in [-0.2, 0) is 48.2 Å². The molecule has 0 atom stereocenters. The van der Waals surface area contributed by atoms with Gasteiger partial charge in [0.2, 0.25) is 4.38 Å². The van der Waals surface area contributed by atoms with E-state index >= 15 is 0 Å². The number of benzene rings is 3. The molecule has 0 fully saturated rings. The summed E-state index contributed by atoms with van der Waals surface area (Å²) in [6.07, 6.45) is 2.33. The zero-order valence-corrected chi connectivity index (χ0v) is 37.0. The van der Waals surface area contributed by atoms with E-state index in [4.69, 9.17) is 41.4 Å². The second-order valence-electron chi connectivity index (χ2n) is 13.2. The van der Waals surface area contributed by atoms with E-state index in [-0.39, 0.29) is 19.8 Å². The van der Waals surface area contributed by atoms with Crippen molar-refractivity contribution < 1.29 is 65.0 Å². The van der Waals surface area contributed by atoms with E-state index in [9.17, 15) is 26.3 Å². The lowest BCUT2D eigenvalue weighted by Gasteiger charge is -2.07. The summed E-state index contributed by atoms with van der Waals surface area (Å²) in [5, 5.41) is 16.8. The van der Waals surface area contributed by atoms with Crippen molar-refractivity contribution in [2.45, 2.75) is 110 Å². The first-order valence-electron chi connectivity index (χ1n) is 20.6. The predicted octanol–water partition coefficient (Wildman–Crippen LogP) is 12.0. The number of aliphatic hydroxyl groups excluding tert-OH is 2. The van der Waals surface area contributed by atoms with Crippen LogP contribution in [0.2, 0.25) is 0 Å². The Hall–Kier alpha value is -2.80. The van der Waals surface area contributed by atoms with Gasteiger partial charge in [0.15, 0.2) is 0 Å². The summed E-state index contributed by atoms with van der Waals surface area (Å²) >= 11 is 6.42. The number of hydrogen-bond acceptors (Lipinski definition) is 10. The summed E-state index contributed by atoms with van der Waals surface area (Å²) < 4.78 is 98.4. The monoisotopic (exact) mass is 912 g/mol. The van der Waals surface area contributed by atoms with Gasteiger partial charge in [-0.15, -0.1) is 26.3 Å². The van der Waals surface area contributed by atoms with Gasteiger partial charge in [0.25, 0.3) is 0 Å². The topological polar surface area (TPSA) is 95.8 Å². The molecule has 3 aromatic carbocycles. The van der Waals surface area contributed by atoms with Gasteiger partial charge in [-0.3, -0.25) is 9.47 Å². The van der Waals surface area contributed by atoms with Gasteiger partial charge < -0.3 is 29.2 Å². The van der Waals surface area contributed by atoms with Crippen molar-refractivity contribution in [1.29, 1.82) is 0 Å². The van der Waals surface area contributed by atoms with E-state index in [1.807, 2.05) is 73.0 Å². The van der Waals surface area contributed by atoms with Gasteiger partial charge in [0.1, 0.15) is 0 Å². The molecule has 16 heteroatoms. The summed E-state index contributed by atoms with van der Waals surface area (Å²) in [5.74, 6) is 0. The molecule has 3 aromatic rings. The normalized spacial score (nSPS) is 11.0. The minimum absolute atomic E-state index is 0.0199. The largest absolute Gasteiger partial charge is 0.522 e. The van der Waals surface area contributed by atoms with Crippen molar-refractivity contribution in [3.05, 3.63) is 108 Å². The first-order chi connectivity index (χ1) is 29.4. The highest BCUT2D eigenvalue weighted by Gasteiger charge is 2.29. The highest BCUT2D eigenvalue weighted by molar-refractivity contribution is 8.22. The van der Waals surface area contributed by atoms with Gasteiger partial charge in [-0.2, -0.15) is 0 Å². The zero-order valence-electron chi connectivity index (χ0n) is 35.4. The molecule has 348 valence electrons. The maximum atomic E-state index is 11.6. The molecule has 0 radical (unpaired) electrons.